The summed E-state index contributed by atoms with van der Waals surface area (Å²) >= 11 is 0. The summed E-state index contributed by atoms with van der Waals surface area (Å²) in [5.41, 5.74) is 2.76. The number of tetrazole rings is 1. The van der Waals surface area contributed by atoms with Crippen molar-refractivity contribution in [3.8, 4) is 0 Å². The third-order valence-corrected chi connectivity index (χ3v) is 5.37. The molecule has 27 heavy (non-hydrogen) atoms. The van der Waals surface area contributed by atoms with Gasteiger partial charge in [-0.3, -0.25) is 4.79 Å². The topological polar surface area (TPSA) is 82.4 Å². The van der Waals surface area contributed by atoms with E-state index in [1.807, 2.05) is 4.90 Å². The molecule has 0 saturated carbocycles. The van der Waals surface area contributed by atoms with Gasteiger partial charge in [0, 0.05) is 20.1 Å². The Morgan fingerprint density at radius 1 is 1.30 bits per heavy atom. The lowest BCUT2D eigenvalue weighted by molar-refractivity contribution is -0.140. The number of amides is 1. The van der Waals surface area contributed by atoms with Gasteiger partial charge in [-0.1, -0.05) is 24.3 Å². The van der Waals surface area contributed by atoms with E-state index in [0.29, 0.717) is 51.0 Å². The number of hydrogen-bond donors (Lipinski definition) is 0. The van der Waals surface area contributed by atoms with Gasteiger partial charge in [0.2, 0.25) is 5.91 Å². The molecule has 4 rings (SSSR count). The van der Waals surface area contributed by atoms with Gasteiger partial charge in [-0.2, -0.15) is 0 Å². The number of carbonyl (C=O) groups is 1. The van der Waals surface area contributed by atoms with Crippen molar-refractivity contribution in [1.82, 2.24) is 25.1 Å². The van der Waals surface area contributed by atoms with Crippen molar-refractivity contribution in [2.45, 2.75) is 31.9 Å². The van der Waals surface area contributed by atoms with Gasteiger partial charge in [0.25, 0.3) is 0 Å². The normalized spacial score (nSPS) is 20.0. The van der Waals surface area contributed by atoms with Crippen LogP contribution in [0.5, 0.6) is 0 Å². The Kier molecular flexibility index (Phi) is 5.45. The van der Waals surface area contributed by atoms with Gasteiger partial charge in [0.15, 0.2) is 5.82 Å². The predicted octanol–water partition coefficient (Wildman–Crippen LogP) is 1.02. The quantitative estimate of drug-likeness (QED) is 0.754. The molecule has 1 aliphatic heterocycles. The summed E-state index contributed by atoms with van der Waals surface area (Å²) in [7, 11) is 1.64. The molecule has 2 aliphatic rings. The van der Waals surface area contributed by atoms with Crippen LogP contribution in [-0.4, -0.2) is 64.4 Å². The van der Waals surface area contributed by atoms with E-state index in [0.717, 1.165) is 12.8 Å². The van der Waals surface area contributed by atoms with E-state index in [9.17, 15) is 4.79 Å². The van der Waals surface area contributed by atoms with Gasteiger partial charge in [-0.15, -0.1) is 5.10 Å². The fraction of sp³-hybridized carbons (Fsp3) is 0.579. The second kappa shape index (κ2) is 8.14. The summed E-state index contributed by atoms with van der Waals surface area (Å²) in [5, 5.41) is 11.8. The number of rotatable bonds is 6. The van der Waals surface area contributed by atoms with Crippen LogP contribution in [0.2, 0.25) is 0 Å². The number of aromatic nitrogens is 4. The molecule has 2 aromatic rings. The lowest BCUT2D eigenvalue weighted by atomic mass is 10.0. The summed E-state index contributed by atoms with van der Waals surface area (Å²) in [6, 6.07) is 8.49. The minimum atomic E-state index is -0.296. The van der Waals surface area contributed by atoms with Crippen molar-refractivity contribution >= 4 is 5.91 Å². The van der Waals surface area contributed by atoms with E-state index >= 15 is 0 Å². The summed E-state index contributed by atoms with van der Waals surface area (Å²) in [5.74, 6) is 1.23. The van der Waals surface area contributed by atoms with Crippen LogP contribution in [0.1, 0.15) is 29.5 Å². The first kappa shape index (κ1) is 18.1. The Balaban J connectivity index is 1.36. The molecule has 144 valence electrons. The molecule has 0 N–H and O–H groups in total. The molecule has 0 radical (unpaired) electrons. The van der Waals surface area contributed by atoms with Gasteiger partial charge in [-0.05, 0) is 40.3 Å². The first-order chi connectivity index (χ1) is 13.2. The second-order valence-electron chi connectivity index (χ2n) is 7.20. The molecule has 1 atom stereocenters. The van der Waals surface area contributed by atoms with E-state index in [2.05, 4.69) is 39.8 Å². The molecule has 1 amide bonds. The van der Waals surface area contributed by atoms with Gasteiger partial charge in [0.1, 0.15) is 6.10 Å². The average Bonchev–Trinajstić information content (AvgIpc) is 3.32. The zero-order chi connectivity index (χ0) is 18.6. The molecule has 1 saturated heterocycles. The first-order valence-corrected chi connectivity index (χ1v) is 9.45. The average molecular weight is 371 g/mol. The number of benzene rings is 1. The lowest BCUT2D eigenvalue weighted by Gasteiger charge is -2.33. The lowest BCUT2D eigenvalue weighted by Crippen LogP contribution is -2.43. The summed E-state index contributed by atoms with van der Waals surface area (Å²) in [6.45, 7) is 2.70. The Morgan fingerprint density at radius 3 is 2.81 bits per heavy atom. The van der Waals surface area contributed by atoms with Crippen LogP contribution in [0.4, 0.5) is 0 Å². The summed E-state index contributed by atoms with van der Waals surface area (Å²) in [6.07, 6.45) is 2.27. The molecule has 0 bridgehead atoms. The molecule has 1 aromatic heterocycles. The van der Waals surface area contributed by atoms with E-state index in [-0.39, 0.29) is 12.0 Å². The van der Waals surface area contributed by atoms with Crippen LogP contribution in [0.3, 0.4) is 0 Å². The predicted molar refractivity (Wildman–Crippen MR) is 96.9 cm³/mol. The Hall–Kier alpha value is -2.32. The maximum atomic E-state index is 12.9. The number of carbonyl (C=O) groups excluding carboxylic acids is 1. The number of hydrogen-bond acceptors (Lipinski definition) is 6. The van der Waals surface area contributed by atoms with Crippen molar-refractivity contribution in [3.05, 3.63) is 41.2 Å². The number of methoxy groups -OCH3 is 1. The van der Waals surface area contributed by atoms with Crippen molar-refractivity contribution < 1.29 is 14.3 Å². The monoisotopic (exact) mass is 371 g/mol. The van der Waals surface area contributed by atoms with Crippen LogP contribution >= 0.6 is 0 Å². The minimum absolute atomic E-state index is 0.192. The van der Waals surface area contributed by atoms with Gasteiger partial charge in [-0.25, -0.2) is 4.68 Å². The van der Waals surface area contributed by atoms with Crippen molar-refractivity contribution in [3.63, 3.8) is 0 Å². The van der Waals surface area contributed by atoms with Gasteiger partial charge >= 0.3 is 0 Å². The molecular weight excluding hydrogens is 346 g/mol. The molecule has 0 spiro atoms. The SMILES string of the molecule is COCCn1nnnc1[C@@H]1CN(C(=O)CC2Cc3ccccc3C2)CCO1. The number of morpholine rings is 1. The fourth-order valence-electron chi connectivity index (χ4n) is 3.98. The molecule has 0 unspecified atom stereocenters. The smallest absolute Gasteiger partial charge is 0.223 e. The van der Waals surface area contributed by atoms with Crippen molar-refractivity contribution in [2.24, 2.45) is 5.92 Å². The largest absolute Gasteiger partial charge is 0.383 e. The van der Waals surface area contributed by atoms with Gasteiger partial charge < -0.3 is 14.4 Å². The Bertz CT molecular complexity index is 768. The van der Waals surface area contributed by atoms with Crippen LogP contribution in [0.15, 0.2) is 24.3 Å². The number of nitrogens with zero attached hydrogens (tertiary/aromatic N) is 5. The van der Waals surface area contributed by atoms with Crippen LogP contribution < -0.4 is 0 Å². The van der Waals surface area contributed by atoms with E-state index in [1.54, 1.807) is 11.8 Å². The highest BCUT2D eigenvalue weighted by Crippen LogP contribution is 2.29. The van der Waals surface area contributed by atoms with E-state index < -0.39 is 0 Å². The van der Waals surface area contributed by atoms with Crippen molar-refractivity contribution in [2.75, 3.05) is 33.4 Å². The molecular formula is C19H25N5O3. The van der Waals surface area contributed by atoms with Crippen molar-refractivity contribution in [1.29, 1.82) is 0 Å². The third kappa shape index (κ3) is 4.01. The Morgan fingerprint density at radius 2 is 2.07 bits per heavy atom. The molecule has 2 heterocycles. The number of ether oxygens (including phenoxy) is 2. The highest BCUT2D eigenvalue weighted by atomic mass is 16.5. The minimum Gasteiger partial charge on any atom is -0.383 e. The molecule has 1 aromatic carbocycles. The third-order valence-electron chi connectivity index (χ3n) is 5.37. The second-order valence-corrected chi connectivity index (χ2v) is 7.20. The molecule has 8 nitrogen and oxygen atoms in total. The van der Waals surface area contributed by atoms with E-state index in [4.69, 9.17) is 9.47 Å². The zero-order valence-electron chi connectivity index (χ0n) is 15.6. The highest BCUT2D eigenvalue weighted by Gasteiger charge is 2.31. The zero-order valence-corrected chi connectivity index (χ0v) is 15.6. The standard InChI is InChI=1S/C19H25N5O3/c1-26-8-7-24-19(20-21-22-24)17-13-23(6-9-27-17)18(25)12-14-10-15-4-2-3-5-16(15)11-14/h2-5,14,17H,6-13H2,1H3/t17-/m0/s1. The molecule has 8 heteroatoms. The Labute approximate surface area is 158 Å². The van der Waals surface area contributed by atoms with Crippen LogP contribution in [-0.2, 0) is 33.7 Å². The maximum absolute atomic E-state index is 12.9. The molecule has 1 aliphatic carbocycles. The van der Waals surface area contributed by atoms with Crippen LogP contribution in [0, 0.1) is 5.92 Å². The first-order valence-electron chi connectivity index (χ1n) is 9.45. The maximum Gasteiger partial charge on any atom is 0.223 e. The van der Waals surface area contributed by atoms with E-state index in [1.165, 1.54) is 11.1 Å². The fourth-order valence-corrected chi connectivity index (χ4v) is 3.98. The highest BCUT2D eigenvalue weighted by molar-refractivity contribution is 5.76. The van der Waals surface area contributed by atoms with Gasteiger partial charge in [0.05, 0.1) is 26.3 Å². The molecule has 1 fully saturated rings. The number of fused-ring (bicyclic) bond motifs is 1. The summed E-state index contributed by atoms with van der Waals surface area (Å²) in [4.78, 5) is 14.8. The summed E-state index contributed by atoms with van der Waals surface area (Å²) < 4.78 is 12.6. The van der Waals surface area contributed by atoms with Crippen LogP contribution in [0.25, 0.3) is 0 Å².